The molecule has 29 heavy (non-hydrogen) atoms. The summed E-state index contributed by atoms with van der Waals surface area (Å²) in [6.07, 6.45) is 4.93. The maximum Gasteiger partial charge on any atom is 0.410 e. The molecule has 2 aromatic rings. The van der Waals surface area contributed by atoms with Gasteiger partial charge in [0.05, 0.1) is 10.6 Å². The summed E-state index contributed by atoms with van der Waals surface area (Å²) < 4.78 is 19.0. The van der Waals surface area contributed by atoms with Crippen molar-refractivity contribution in [3.63, 3.8) is 0 Å². The summed E-state index contributed by atoms with van der Waals surface area (Å²) in [7, 11) is 0. The molecule has 3 rings (SSSR count). The molecule has 0 saturated carbocycles. The summed E-state index contributed by atoms with van der Waals surface area (Å²) >= 11 is 5.65. The Labute approximate surface area is 173 Å². The van der Waals surface area contributed by atoms with E-state index in [1.165, 1.54) is 24.5 Å². The van der Waals surface area contributed by atoms with Crippen LogP contribution in [0.25, 0.3) is 5.57 Å². The van der Waals surface area contributed by atoms with Crippen LogP contribution in [0.2, 0.25) is 5.02 Å². The van der Waals surface area contributed by atoms with Crippen molar-refractivity contribution in [3.05, 3.63) is 64.5 Å². The average Bonchev–Trinajstić information content (AvgIpc) is 2.68. The maximum atomic E-state index is 13.6. The molecule has 0 unspecified atom stereocenters. The van der Waals surface area contributed by atoms with Crippen molar-refractivity contribution in [2.45, 2.75) is 32.8 Å². The van der Waals surface area contributed by atoms with Gasteiger partial charge in [-0.1, -0.05) is 17.7 Å². The van der Waals surface area contributed by atoms with Crippen LogP contribution in [0.3, 0.4) is 0 Å². The minimum absolute atomic E-state index is 0.0437. The standard InChI is InChI=1S/C21H21ClFN3O3/c1-21(2,3)29-20(28)26-8-6-13(7-9-26)19-24-11-15(12-25-19)18(27)14-4-5-16(22)17(23)10-14/h4-6,10-12H,7-9H2,1-3H3. The van der Waals surface area contributed by atoms with Crippen molar-refractivity contribution in [2.24, 2.45) is 0 Å². The summed E-state index contributed by atoms with van der Waals surface area (Å²) in [5.74, 6) is -0.550. The molecular formula is C21H21ClFN3O3. The van der Waals surface area contributed by atoms with Crippen LogP contribution in [0, 0.1) is 5.82 Å². The van der Waals surface area contributed by atoms with Crippen molar-refractivity contribution < 1.29 is 18.7 Å². The van der Waals surface area contributed by atoms with Gasteiger partial charge in [0.25, 0.3) is 0 Å². The van der Waals surface area contributed by atoms with E-state index in [2.05, 4.69) is 9.97 Å². The first kappa shape index (κ1) is 20.9. The third-order valence-electron chi connectivity index (χ3n) is 4.24. The zero-order valence-electron chi connectivity index (χ0n) is 16.4. The maximum absolute atomic E-state index is 13.6. The number of carbonyl (C=O) groups is 2. The Balaban J connectivity index is 1.68. The molecule has 0 atom stereocenters. The Hall–Kier alpha value is -2.80. The van der Waals surface area contributed by atoms with Crippen LogP contribution in [0.4, 0.5) is 9.18 Å². The van der Waals surface area contributed by atoms with Crippen molar-refractivity contribution in [2.75, 3.05) is 13.1 Å². The lowest BCUT2D eigenvalue weighted by Crippen LogP contribution is -2.39. The molecule has 0 spiro atoms. The van der Waals surface area contributed by atoms with Crippen molar-refractivity contribution in [1.29, 1.82) is 0 Å². The van der Waals surface area contributed by atoms with Crippen molar-refractivity contribution in [1.82, 2.24) is 14.9 Å². The number of halogens is 2. The highest BCUT2D eigenvalue weighted by Crippen LogP contribution is 2.22. The second-order valence-corrected chi connectivity index (χ2v) is 8.07. The lowest BCUT2D eigenvalue weighted by atomic mass is 10.1. The predicted molar refractivity (Wildman–Crippen MR) is 107 cm³/mol. The van der Waals surface area contributed by atoms with Gasteiger partial charge in [0.15, 0.2) is 11.6 Å². The second-order valence-electron chi connectivity index (χ2n) is 7.66. The SMILES string of the molecule is CC(C)(C)OC(=O)N1CC=C(c2ncc(C(=O)c3ccc(Cl)c(F)c3)cn2)CC1. The third-order valence-corrected chi connectivity index (χ3v) is 4.55. The smallest absolute Gasteiger partial charge is 0.410 e. The number of benzene rings is 1. The minimum Gasteiger partial charge on any atom is -0.444 e. The van der Waals surface area contributed by atoms with Gasteiger partial charge in [-0.3, -0.25) is 4.79 Å². The lowest BCUT2D eigenvalue weighted by Gasteiger charge is -2.29. The van der Waals surface area contributed by atoms with Gasteiger partial charge in [0.2, 0.25) is 0 Å². The number of hydrogen-bond acceptors (Lipinski definition) is 5. The molecule has 0 aliphatic carbocycles. The quantitative estimate of drug-likeness (QED) is 0.686. The second kappa shape index (κ2) is 8.29. The molecule has 1 aromatic heterocycles. The Morgan fingerprint density at radius 2 is 1.86 bits per heavy atom. The van der Waals surface area contributed by atoms with Gasteiger partial charge in [-0.25, -0.2) is 19.2 Å². The van der Waals surface area contributed by atoms with E-state index in [1.54, 1.807) is 4.90 Å². The summed E-state index contributed by atoms with van der Waals surface area (Å²) in [6.45, 7) is 6.37. The van der Waals surface area contributed by atoms with E-state index < -0.39 is 11.4 Å². The van der Waals surface area contributed by atoms with Crippen LogP contribution in [-0.2, 0) is 4.74 Å². The van der Waals surface area contributed by atoms with E-state index in [0.29, 0.717) is 25.3 Å². The predicted octanol–water partition coefficient (Wildman–Crippen LogP) is 4.52. The van der Waals surface area contributed by atoms with E-state index in [-0.39, 0.29) is 28.0 Å². The minimum atomic E-state index is -0.656. The molecule has 0 radical (unpaired) electrons. The number of ether oxygens (including phenoxy) is 1. The number of aromatic nitrogens is 2. The van der Waals surface area contributed by atoms with Gasteiger partial charge in [0, 0.05) is 31.0 Å². The first-order valence-corrected chi connectivity index (χ1v) is 9.51. The fourth-order valence-corrected chi connectivity index (χ4v) is 2.90. The topological polar surface area (TPSA) is 72.4 Å². The average molecular weight is 418 g/mol. The molecule has 1 aliphatic rings. The van der Waals surface area contributed by atoms with Crippen LogP contribution in [0.5, 0.6) is 0 Å². The molecule has 1 aromatic carbocycles. The zero-order valence-corrected chi connectivity index (χ0v) is 17.2. The Morgan fingerprint density at radius 3 is 2.41 bits per heavy atom. The number of hydrogen-bond donors (Lipinski definition) is 0. The van der Waals surface area contributed by atoms with Crippen LogP contribution in [0.1, 0.15) is 48.9 Å². The van der Waals surface area contributed by atoms with Gasteiger partial charge in [0.1, 0.15) is 11.4 Å². The number of rotatable bonds is 3. The van der Waals surface area contributed by atoms with Crippen LogP contribution >= 0.6 is 11.6 Å². The molecule has 8 heteroatoms. The number of nitrogens with zero attached hydrogens (tertiary/aromatic N) is 3. The highest BCUT2D eigenvalue weighted by molar-refractivity contribution is 6.30. The molecule has 0 fully saturated rings. The van der Waals surface area contributed by atoms with Crippen LogP contribution in [0.15, 0.2) is 36.7 Å². The Kier molecular flexibility index (Phi) is 5.98. The molecule has 6 nitrogen and oxygen atoms in total. The van der Waals surface area contributed by atoms with Crippen LogP contribution in [-0.4, -0.2) is 45.4 Å². The fraction of sp³-hybridized carbons (Fsp3) is 0.333. The molecule has 0 bridgehead atoms. The Morgan fingerprint density at radius 1 is 1.17 bits per heavy atom. The van der Waals surface area contributed by atoms with E-state index in [4.69, 9.17) is 16.3 Å². The van der Waals surface area contributed by atoms with Gasteiger partial charge >= 0.3 is 6.09 Å². The van der Waals surface area contributed by atoms with E-state index >= 15 is 0 Å². The van der Waals surface area contributed by atoms with Gasteiger partial charge in [-0.05, 0) is 51.0 Å². The highest BCUT2D eigenvalue weighted by Gasteiger charge is 2.24. The first-order chi connectivity index (χ1) is 13.6. The molecule has 2 heterocycles. The van der Waals surface area contributed by atoms with E-state index in [0.717, 1.165) is 11.6 Å². The summed E-state index contributed by atoms with van der Waals surface area (Å²) in [5.41, 5.74) is 0.774. The molecule has 1 amide bonds. The monoisotopic (exact) mass is 417 g/mol. The molecule has 0 saturated heterocycles. The number of amides is 1. The van der Waals surface area contributed by atoms with E-state index in [9.17, 15) is 14.0 Å². The molecule has 152 valence electrons. The zero-order chi connectivity index (χ0) is 21.2. The highest BCUT2D eigenvalue weighted by atomic mass is 35.5. The summed E-state index contributed by atoms with van der Waals surface area (Å²) in [5, 5.41) is -0.0437. The summed E-state index contributed by atoms with van der Waals surface area (Å²) in [6, 6.07) is 3.88. The van der Waals surface area contributed by atoms with E-state index in [1.807, 2.05) is 26.8 Å². The third kappa shape index (κ3) is 5.17. The van der Waals surface area contributed by atoms with Crippen LogP contribution < -0.4 is 0 Å². The summed E-state index contributed by atoms with van der Waals surface area (Å²) in [4.78, 5) is 34.7. The van der Waals surface area contributed by atoms with Gasteiger partial charge in [-0.2, -0.15) is 0 Å². The number of ketones is 1. The van der Waals surface area contributed by atoms with Gasteiger partial charge in [-0.15, -0.1) is 0 Å². The lowest BCUT2D eigenvalue weighted by molar-refractivity contribution is 0.0270. The number of carbonyl (C=O) groups excluding carboxylic acids is 2. The normalized spacial score (nSPS) is 14.4. The largest absolute Gasteiger partial charge is 0.444 e. The van der Waals surface area contributed by atoms with Crippen molar-refractivity contribution in [3.8, 4) is 0 Å². The first-order valence-electron chi connectivity index (χ1n) is 9.13. The van der Waals surface area contributed by atoms with Gasteiger partial charge < -0.3 is 9.64 Å². The molecule has 1 aliphatic heterocycles. The fourth-order valence-electron chi connectivity index (χ4n) is 2.78. The van der Waals surface area contributed by atoms with Crippen molar-refractivity contribution >= 4 is 29.1 Å². The molecule has 0 N–H and O–H groups in total. The Bertz CT molecular complexity index is 968. The molecular weight excluding hydrogens is 397 g/mol.